The van der Waals surface area contributed by atoms with Gasteiger partial charge in [0.05, 0.1) is 6.54 Å². The number of carbonyl (C=O) groups is 2. The molecule has 0 aliphatic rings. The van der Waals surface area contributed by atoms with Gasteiger partial charge in [-0.05, 0) is 54.8 Å². The fraction of sp³-hybridized carbons (Fsp3) is 0.227. The van der Waals surface area contributed by atoms with Crippen molar-refractivity contribution in [3.63, 3.8) is 0 Å². The molecule has 2 N–H and O–H groups in total. The molecule has 3 aromatic rings. The second-order valence-electron chi connectivity index (χ2n) is 6.93. The average Bonchev–Trinajstić information content (AvgIpc) is 3.12. The van der Waals surface area contributed by atoms with Crippen molar-refractivity contribution in [1.82, 2.24) is 20.2 Å². The zero-order valence-corrected chi connectivity index (χ0v) is 17.3. The number of hydrogen-bond acceptors (Lipinski definition) is 3. The molecule has 0 spiro atoms. The fourth-order valence-corrected chi connectivity index (χ4v) is 3.09. The Morgan fingerprint density at radius 1 is 1.10 bits per heavy atom. The minimum atomic E-state index is -0.460. The molecule has 2 aromatic carbocycles. The predicted molar refractivity (Wildman–Crippen MR) is 113 cm³/mol. The number of amides is 2. The number of aromatic nitrogens is 2. The van der Waals surface area contributed by atoms with Gasteiger partial charge in [-0.2, -0.15) is 0 Å². The Morgan fingerprint density at radius 2 is 1.83 bits per heavy atom. The van der Waals surface area contributed by atoms with Crippen LogP contribution in [0.2, 0.25) is 5.02 Å². The molecule has 2 amide bonds. The van der Waals surface area contributed by atoms with Crippen LogP contribution in [0, 0.1) is 13.8 Å². The third-order valence-corrected chi connectivity index (χ3v) is 5.06. The van der Waals surface area contributed by atoms with E-state index in [9.17, 15) is 9.59 Å². The van der Waals surface area contributed by atoms with Crippen molar-refractivity contribution in [2.75, 3.05) is 6.54 Å². The highest BCUT2D eigenvalue weighted by molar-refractivity contribution is 6.30. The zero-order chi connectivity index (χ0) is 21.0. The van der Waals surface area contributed by atoms with Gasteiger partial charge in [-0.1, -0.05) is 29.8 Å². The van der Waals surface area contributed by atoms with Gasteiger partial charge in [0.25, 0.3) is 5.91 Å². The summed E-state index contributed by atoms with van der Waals surface area (Å²) in [5, 5.41) is 6.23. The van der Waals surface area contributed by atoms with Crippen LogP contribution in [0.15, 0.2) is 54.9 Å². The van der Waals surface area contributed by atoms with E-state index in [0.29, 0.717) is 16.4 Å². The number of halogens is 1. The molecule has 0 unspecified atom stereocenters. The number of imidazole rings is 1. The first-order chi connectivity index (χ1) is 13.8. The molecule has 0 saturated carbocycles. The molecule has 150 valence electrons. The second-order valence-corrected chi connectivity index (χ2v) is 7.37. The lowest BCUT2D eigenvalue weighted by atomic mass is 10.1. The molecule has 0 radical (unpaired) electrons. The van der Waals surface area contributed by atoms with Crippen molar-refractivity contribution in [3.8, 4) is 0 Å². The Labute approximate surface area is 174 Å². The Hall–Kier alpha value is -3.12. The molecule has 0 fully saturated rings. The first-order valence-corrected chi connectivity index (χ1v) is 9.60. The summed E-state index contributed by atoms with van der Waals surface area (Å²) < 4.78 is 1.84. The summed E-state index contributed by atoms with van der Waals surface area (Å²) in [5.74, 6) is 0.0783. The molecule has 0 bridgehead atoms. The maximum atomic E-state index is 12.6. The van der Waals surface area contributed by atoms with Crippen LogP contribution in [0.1, 0.15) is 38.9 Å². The molecule has 7 heteroatoms. The third kappa shape index (κ3) is 5.03. The van der Waals surface area contributed by atoms with Crippen molar-refractivity contribution in [2.45, 2.75) is 19.9 Å². The lowest BCUT2D eigenvalue weighted by Gasteiger charge is -2.19. The van der Waals surface area contributed by atoms with E-state index >= 15 is 0 Å². The van der Waals surface area contributed by atoms with Gasteiger partial charge in [0.1, 0.15) is 11.9 Å². The van der Waals surface area contributed by atoms with Gasteiger partial charge < -0.3 is 15.2 Å². The van der Waals surface area contributed by atoms with Crippen molar-refractivity contribution < 1.29 is 9.59 Å². The van der Waals surface area contributed by atoms with Gasteiger partial charge in [-0.15, -0.1) is 0 Å². The first kappa shape index (κ1) is 20.6. The van der Waals surface area contributed by atoms with Gasteiger partial charge in [0.15, 0.2) is 0 Å². The van der Waals surface area contributed by atoms with Gasteiger partial charge in [0, 0.05) is 30.0 Å². The summed E-state index contributed by atoms with van der Waals surface area (Å²) in [6.07, 6.45) is 3.48. The monoisotopic (exact) mass is 410 g/mol. The Morgan fingerprint density at radius 3 is 2.45 bits per heavy atom. The Bertz CT molecular complexity index is 1030. The number of benzene rings is 2. The molecular formula is C22H23ClN4O2. The fourth-order valence-electron chi connectivity index (χ4n) is 2.96. The van der Waals surface area contributed by atoms with Crippen LogP contribution in [0.25, 0.3) is 0 Å². The van der Waals surface area contributed by atoms with Gasteiger partial charge in [-0.3, -0.25) is 9.59 Å². The minimum absolute atomic E-state index is 0.139. The summed E-state index contributed by atoms with van der Waals surface area (Å²) in [7, 11) is 1.86. The Balaban J connectivity index is 1.70. The highest BCUT2D eigenvalue weighted by Crippen LogP contribution is 2.22. The quantitative estimate of drug-likeness (QED) is 0.654. The van der Waals surface area contributed by atoms with Crippen LogP contribution >= 0.6 is 11.6 Å². The summed E-state index contributed by atoms with van der Waals surface area (Å²) in [4.78, 5) is 29.3. The average molecular weight is 411 g/mol. The number of nitrogens with one attached hydrogen (secondary N) is 2. The van der Waals surface area contributed by atoms with Crippen molar-refractivity contribution in [2.24, 2.45) is 7.05 Å². The van der Waals surface area contributed by atoms with E-state index < -0.39 is 6.04 Å². The second kappa shape index (κ2) is 8.92. The lowest BCUT2D eigenvalue weighted by Crippen LogP contribution is -2.39. The van der Waals surface area contributed by atoms with E-state index in [-0.39, 0.29) is 18.4 Å². The minimum Gasteiger partial charge on any atom is -0.343 e. The van der Waals surface area contributed by atoms with Crippen molar-refractivity contribution in [3.05, 3.63) is 88.0 Å². The molecule has 0 saturated heterocycles. The van der Waals surface area contributed by atoms with Crippen LogP contribution in [0.5, 0.6) is 0 Å². The highest BCUT2D eigenvalue weighted by Gasteiger charge is 2.21. The molecule has 1 aromatic heterocycles. The number of hydrogen-bond donors (Lipinski definition) is 2. The largest absolute Gasteiger partial charge is 0.343 e. The number of aryl methyl sites for hydroxylation is 3. The van der Waals surface area contributed by atoms with E-state index in [0.717, 1.165) is 16.7 Å². The highest BCUT2D eigenvalue weighted by atomic mass is 35.5. The van der Waals surface area contributed by atoms with E-state index in [2.05, 4.69) is 15.6 Å². The molecule has 0 aliphatic heterocycles. The summed E-state index contributed by atoms with van der Waals surface area (Å²) >= 11 is 5.99. The lowest BCUT2D eigenvalue weighted by molar-refractivity contribution is -0.120. The van der Waals surface area contributed by atoms with Gasteiger partial charge in [0.2, 0.25) is 5.91 Å². The SMILES string of the molecule is Cc1ccc(C(=O)NCC(=O)N[C@H](c2ccc(Cl)cc2)c2nccn2C)cc1C. The number of carbonyl (C=O) groups excluding carboxylic acids is 2. The summed E-state index contributed by atoms with van der Waals surface area (Å²) in [6, 6.07) is 12.2. The van der Waals surface area contributed by atoms with E-state index in [1.165, 1.54) is 0 Å². The molecule has 6 nitrogen and oxygen atoms in total. The zero-order valence-electron chi connectivity index (χ0n) is 16.6. The van der Waals surface area contributed by atoms with Crippen LogP contribution < -0.4 is 10.6 Å². The molecule has 1 atom stereocenters. The summed E-state index contributed by atoms with van der Waals surface area (Å²) in [6.45, 7) is 3.79. The van der Waals surface area contributed by atoms with Crippen LogP contribution in [0.4, 0.5) is 0 Å². The maximum Gasteiger partial charge on any atom is 0.251 e. The normalized spacial score (nSPS) is 11.7. The number of rotatable bonds is 6. The molecule has 0 aliphatic carbocycles. The Kier molecular flexibility index (Phi) is 6.34. The van der Waals surface area contributed by atoms with Gasteiger partial charge >= 0.3 is 0 Å². The molecule has 1 heterocycles. The molecular weight excluding hydrogens is 388 g/mol. The maximum absolute atomic E-state index is 12.6. The smallest absolute Gasteiger partial charge is 0.251 e. The molecule has 29 heavy (non-hydrogen) atoms. The van der Waals surface area contributed by atoms with E-state index in [1.54, 1.807) is 24.4 Å². The van der Waals surface area contributed by atoms with Crippen LogP contribution in [-0.2, 0) is 11.8 Å². The van der Waals surface area contributed by atoms with Crippen LogP contribution in [-0.4, -0.2) is 27.9 Å². The third-order valence-electron chi connectivity index (χ3n) is 4.80. The van der Waals surface area contributed by atoms with Crippen molar-refractivity contribution >= 4 is 23.4 Å². The van der Waals surface area contributed by atoms with E-state index in [1.807, 2.05) is 55.9 Å². The standard InChI is InChI=1S/C22H23ClN4O2/c1-14-4-5-17(12-15(14)2)22(29)25-13-19(28)26-20(21-24-10-11-27(21)3)16-6-8-18(23)9-7-16/h4-12,20H,13H2,1-3H3,(H,25,29)(H,26,28)/t20-/m1/s1. The number of nitrogens with zero attached hydrogens (tertiary/aromatic N) is 2. The van der Waals surface area contributed by atoms with E-state index in [4.69, 9.17) is 11.6 Å². The van der Waals surface area contributed by atoms with Gasteiger partial charge in [-0.25, -0.2) is 4.98 Å². The van der Waals surface area contributed by atoms with Crippen molar-refractivity contribution in [1.29, 1.82) is 0 Å². The topological polar surface area (TPSA) is 76.0 Å². The first-order valence-electron chi connectivity index (χ1n) is 9.22. The molecule has 3 rings (SSSR count). The van der Waals surface area contributed by atoms with Crippen LogP contribution in [0.3, 0.4) is 0 Å². The summed E-state index contributed by atoms with van der Waals surface area (Å²) in [5.41, 5.74) is 3.51. The predicted octanol–water partition coefficient (Wildman–Crippen LogP) is 3.33.